The molecule has 0 saturated carbocycles. The number of thiocarbonyl (C=S) groups is 1. The van der Waals surface area contributed by atoms with Crippen LogP contribution in [0.2, 0.25) is 5.02 Å². The number of benzene rings is 1. The molecule has 1 fully saturated rings. The van der Waals surface area contributed by atoms with Gasteiger partial charge < -0.3 is 5.11 Å². The van der Waals surface area contributed by atoms with E-state index in [0.717, 1.165) is 11.8 Å². The van der Waals surface area contributed by atoms with Crippen molar-refractivity contribution in [1.29, 1.82) is 0 Å². The first-order valence-corrected chi connectivity index (χ1v) is 7.81. The van der Waals surface area contributed by atoms with Crippen LogP contribution in [0.1, 0.15) is 12.0 Å². The van der Waals surface area contributed by atoms with E-state index in [1.54, 1.807) is 0 Å². The van der Waals surface area contributed by atoms with Crippen molar-refractivity contribution < 1.29 is 19.6 Å². The summed E-state index contributed by atoms with van der Waals surface area (Å²) in [6, 6.07) is 3.89. The molecule has 0 spiro atoms. The van der Waals surface area contributed by atoms with E-state index >= 15 is 0 Å². The fourth-order valence-corrected chi connectivity index (χ4v) is 3.27. The van der Waals surface area contributed by atoms with Crippen molar-refractivity contribution >= 4 is 63.5 Å². The number of nitro benzene ring substituents is 1. The summed E-state index contributed by atoms with van der Waals surface area (Å²) in [4.78, 5) is 34.5. The number of hydrogen-bond acceptors (Lipinski definition) is 6. The van der Waals surface area contributed by atoms with Gasteiger partial charge >= 0.3 is 5.97 Å². The molecule has 1 aliphatic rings. The van der Waals surface area contributed by atoms with Gasteiger partial charge in [0.1, 0.15) is 4.32 Å². The van der Waals surface area contributed by atoms with Gasteiger partial charge in [-0.05, 0) is 12.1 Å². The van der Waals surface area contributed by atoms with Crippen LogP contribution in [0.3, 0.4) is 0 Å². The van der Waals surface area contributed by atoms with Crippen LogP contribution in [0.5, 0.6) is 0 Å². The summed E-state index contributed by atoms with van der Waals surface area (Å²) in [5.41, 5.74) is 0.168. The normalized spacial score (nSPS) is 16.2. The minimum atomic E-state index is -1.04. The van der Waals surface area contributed by atoms with Crippen LogP contribution in [0.15, 0.2) is 23.1 Å². The number of aliphatic carboxylic acids is 1. The number of carbonyl (C=O) groups is 2. The molecule has 1 heterocycles. The van der Waals surface area contributed by atoms with Crippen LogP contribution in [0.25, 0.3) is 6.08 Å². The van der Waals surface area contributed by atoms with Gasteiger partial charge in [-0.2, -0.15) is 0 Å². The summed E-state index contributed by atoms with van der Waals surface area (Å²) in [6.45, 7) is -0.0278. The summed E-state index contributed by atoms with van der Waals surface area (Å²) in [6.07, 6.45) is 1.19. The van der Waals surface area contributed by atoms with Gasteiger partial charge in [0.05, 0.1) is 16.2 Å². The Kier molecular flexibility index (Phi) is 5.34. The Labute approximate surface area is 145 Å². The summed E-state index contributed by atoms with van der Waals surface area (Å²) < 4.78 is 0.240. The van der Waals surface area contributed by atoms with E-state index < -0.39 is 16.8 Å². The molecule has 0 bridgehead atoms. The molecule has 1 N–H and O–H groups in total. The maximum Gasteiger partial charge on any atom is 0.305 e. The molecule has 0 aromatic heterocycles. The van der Waals surface area contributed by atoms with Gasteiger partial charge in [-0.1, -0.05) is 35.6 Å². The topological polar surface area (TPSA) is 101 Å². The molecule has 0 unspecified atom stereocenters. The van der Waals surface area contributed by atoms with Gasteiger partial charge in [-0.3, -0.25) is 24.6 Å². The number of nitrogens with zero attached hydrogens (tertiary/aromatic N) is 2. The van der Waals surface area contributed by atoms with Crippen molar-refractivity contribution in [2.45, 2.75) is 6.42 Å². The van der Waals surface area contributed by atoms with Gasteiger partial charge in [0.15, 0.2) is 0 Å². The average Bonchev–Trinajstić information content (AvgIpc) is 2.73. The Morgan fingerprint density at radius 3 is 2.83 bits per heavy atom. The highest BCUT2D eigenvalue weighted by Crippen LogP contribution is 2.34. The van der Waals surface area contributed by atoms with Gasteiger partial charge in [0.2, 0.25) is 0 Å². The first-order valence-electron chi connectivity index (χ1n) is 6.20. The zero-order valence-corrected chi connectivity index (χ0v) is 13.8. The maximum absolute atomic E-state index is 12.2. The first-order chi connectivity index (χ1) is 10.8. The van der Waals surface area contributed by atoms with Crippen molar-refractivity contribution in [2.24, 2.45) is 0 Å². The summed E-state index contributed by atoms with van der Waals surface area (Å²) in [5.74, 6) is -1.48. The number of thioether (sulfide) groups is 1. The highest BCUT2D eigenvalue weighted by molar-refractivity contribution is 8.26. The fraction of sp³-hybridized carbons (Fsp3) is 0.154. The second-order valence-electron chi connectivity index (χ2n) is 4.44. The molecule has 1 aliphatic heterocycles. The summed E-state index contributed by atoms with van der Waals surface area (Å²) >= 11 is 12.0. The minimum absolute atomic E-state index is 0.0278. The Balaban J connectivity index is 2.28. The number of hydrogen-bond donors (Lipinski definition) is 1. The van der Waals surface area contributed by atoms with Gasteiger partial charge in [0, 0.05) is 29.3 Å². The first kappa shape index (κ1) is 17.4. The van der Waals surface area contributed by atoms with Gasteiger partial charge in [-0.15, -0.1) is 0 Å². The molecule has 0 atom stereocenters. The lowest BCUT2D eigenvalue weighted by Crippen LogP contribution is -2.30. The lowest BCUT2D eigenvalue weighted by Gasteiger charge is -2.12. The van der Waals surface area contributed by atoms with E-state index in [4.69, 9.17) is 28.9 Å². The second kappa shape index (κ2) is 7.07. The van der Waals surface area contributed by atoms with Crippen molar-refractivity contribution in [3.05, 3.63) is 43.8 Å². The van der Waals surface area contributed by atoms with Crippen LogP contribution < -0.4 is 0 Å². The largest absolute Gasteiger partial charge is 0.481 e. The molecule has 1 aromatic carbocycles. The van der Waals surface area contributed by atoms with E-state index in [2.05, 4.69) is 0 Å². The standard InChI is InChI=1S/C13H9ClN2O5S2/c14-9-2-1-8(16(20)21)5-7(9)6-10-12(19)15(13(22)23-10)4-3-11(17)18/h1-2,5-6H,3-4H2,(H,17,18)/b10-6+. The molecule has 0 aliphatic carbocycles. The molecule has 23 heavy (non-hydrogen) atoms. The highest BCUT2D eigenvalue weighted by atomic mass is 35.5. The molecule has 1 aromatic rings. The van der Waals surface area contributed by atoms with Crippen molar-refractivity contribution in [3.63, 3.8) is 0 Å². The van der Waals surface area contributed by atoms with Crippen LogP contribution >= 0.6 is 35.6 Å². The molecule has 7 nitrogen and oxygen atoms in total. The van der Waals surface area contributed by atoms with Crippen molar-refractivity contribution in [2.75, 3.05) is 6.54 Å². The third-order valence-corrected chi connectivity index (χ3v) is 4.62. The predicted molar refractivity (Wildman–Crippen MR) is 90.2 cm³/mol. The third kappa shape index (κ3) is 4.06. The van der Waals surface area contributed by atoms with Crippen LogP contribution in [-0.4, -0.2) is 37.7 Å². The zero-order valence-electron chi connectivity index (χ0n) is 11.4. The van der Waals surface area contributed by atoms with Crippen molar-refractivity contribution in [1.82, 2.24) is 4.90 Å². The molecule has 2 rings (SSSR count). The molecular weight excluding hydrogens is 364 g/mol. The number of carbonyl (C=O) groups excluding carboxylic acids is 1. The monoisotopic (exact) mass is 372 g/mol. The van der Waals surface area contributed by atoms with Crippen LogP contribution in [-0.2, 0) is 9.59 Å². The maximum atomic E-state index is 12.2. The molecule has 0 radical (unpaired) electrons. The third-order valence-electron chi connectivity index (χ3n) is 2.90. The Morgan fingerprint density at radius 2 is 2.22 bits per heavy atom. The van der Waals surface area contributed by atoms with Gasteiger partial charge in [-0.25, -0.2) is 0 Å². The number of amides is 1. The number of halogens is 1. The molecule has 1 amide bonds. The second-order valence-corrected chi connectivity index (χ2v) is 6.52. The van der Waals surface area contributed by atoms with E-state index in [-0.39, 0.29) is 32.9 Å². The molecular formula is C13H9ClN2O5S2. The number of nitro groups is 1. The molecule has 120 valence electrons. The predicted octanol–water partition coefficient (Wildman–Crippen LogP) is 2.92. The lowest BCUT2D eigenvalue weighted by atomic mass is 10.2. The molecule has 10 heteroatoms. The number of carboxylic acids is 1. The Bertz CT molecular complexity index is 750. The lowest BCUT2D eigenvalue weighted by molar-refractivity contribution is -0.384. The van der Waals surface area contributed by atoms with E-state index in [1.165, 1.54) is 29.2 Å². The SMILES string of the molecule is O=C(O)CCN1C(=O)/C(=C\c2cc([N+](=O)[O-])ccc2Cl)SC1=S. The van der Waals surface area contributed by atoms with Crippen molar-refractivity contribution in [3.8, 4) is 0 Å². The van der Waals surface area contributed by atoms with Crippen LogP contribution in [0, 0.1) is 10.1 Å². The minimum Gasteiger partial charge on any atom is -0.481 e. The Morgan fingerprint density at radius 1 is 1.52 bits per heavy atom. The van der Waals surface area contributed by atoms with E-state index in [9.17, 15) is 19.7 Å². The number of carboxylic acid groups (broad SMARTS) is 1. The zero-order chi connectivity index (χ0) is 17.1. The molecule has 1 saturated heterocycles. The van der Waals surface area contributed by atoms with E-state index in [1.807, 2.05) is 0 Å². The quantitative estimate of drug-likeness (QED) is 0.367. The number of rotatable bonds is 5. The summed E-state index contributed by atoms with van der Waals surface area (Å²) in [5, 5.41) is 19.7. The summed E-state index contributed by atoms with van der Waals surface area (Å²) in [7, 11) is 0. The average molecular weight is 373 g/mol. The van der Waals surface area contributed by atoms with E-state index in [0.29, 0.717) is 5.56 Å². The fourth-order valence-electron chi connectivity index (χ4n) is 1.80. The van der Waals surface area contributed by atoms with Gasteiger partial charge in [0.25, 0.3) is 11.6 Å². The Hall–Kier alpha value is -1.97. The van der Waals surface area contributed by atoms with Crippen LogP contribution in [0.4, 0.5) is 5.69 Å². The number of non-ortho nitro benzene ring substituents is 1. The smallest absolute Gasteiger partial charge is 0.305 e. The highest BCUT2D eigenvalue weighted by Gasteiger charge is 2.32.